The maximum atomic E-state index is 12.8. The molecule has 0 bridgehead atoms. The van der Waals surface area contributed by atoms with Crippen LogP contribution in [-0.4, -0.2) is 43.4 Å². The Bertz CT molecular complexity index is 549. The van der Waals surface area contributed by atoms with Gasteiger partial charge in [0.2, 0.25) is 5.91 Å². The number of halogens is 2. The summed E-state index contributed by atoms with van der Waals surface area (Å²) in [6, 6.07) is 5.61. The van der Waals surface area contributed by atoms with Crippen LogP contribution in [0.4, 0.5) is 4.39 Å². The summed E-state index contributed by atoms with van der Waals surface area (Å²) >= 11 is 0. The van der Waals surface area contributed by atoms with Gasteiger partial charge in [0.25, 0.3) is 0 Å². The van der Waals surface area contributed by atoms with E-state index < -0.39 is 6.10 Å². The van der Waals surface area contributed by atoms with Crippen LogP contribution in [-0.2, 0) is 4.79 Å². The Balaban J connectivity index is 0.00000208. The molecule has 2 aliphatic rings. The van der Waals surface area contributed by atoms with Crippen molar-refractivity contribution in [2.75, 3.05) is 26.2 Å². The molecule has 1 heterocycles. The molecular formula is C17H24ClFN2O3. The molecule has 1 spiro atoms. The lowest BCUT2D eigenvalue weighted by atomic mass is 9.92. The van der Waals surface area contributed by atoms with E-state index in [4.69, 9.17) is 4.74 Å². The molecule has 3 rings (SSSR count). The maximum Gasteiger partial charge on any atom is 0.223 e. The molecule has 2 unspecified atom stereocenters. The highest BCUT2D eigenvalue weighted by Gasteiger charge is 2.57. The third-order valence-corrected chi connectivity index (χ3v) is 4.87. The third-order valence-electron chi connectivity index (χ3n) is 4.87. The van der Waals surface area contributed by atoms with Gasteiger partial charge in [-0.15, -0.1) is 12.4 Å². The van der Waals surface area contributed by atoms with Crippen molar-refractivity contribution in [2.45, 2.75) is 25.4 Å². The fraction of sp³-hybridized carbons (Fsp3) is 0.588. The van der Waals surface area contributed by atoms with Gasteiger partial charge in [-0.2, -0.15) is 0 Å². The van der Waals surface area contributed by atoms with E-state index in [1.54, 1.807) is 0 Å². The van der Waals surface area contributed by atoms with Gasteiger partial charge < -0.3 is 20.5 Å². The number of piperidine rings is 1. The Kier molecular flexibility index (Phi) is 6.43. The summed E-state index contributed by atoms with van der Waals surface area (Å²) in [5, 5.41) is 16.0. The van der Waals surface area contributed by atoms with Crippen LogP contribution in [0.5, 0.6) is 5.75 Å². The summed E-state index contributed by atoms with van der Waals surface area (Å²) in [6.45, 7) is 2.20. The van der Waals surface area contributed by atoms with E-state index in [9.17, 15) is 14.3 Å². The molecule has 0 aromatic heterocycles. The maximum absolute atomic E-state index is 12.8. The zero-order valence-corrected chi connectivity index (χ0v) is 14.3. The highest BCUT2D eigenvalue weighted by molar-refractivity contribution is 5.85. The smallest absolute Gasteiger partial charge is 0.223 e. The van der Waals surface area contributed by atoms with Crippen molar-refractivity contribution in [3.63, 3.8) is 0 Å². The first-order valence-electron chi connectivity index (χ1n) is 8.14. The van der Waals surface area contributed by atoms with Crippen LogP contribution in [0.2, 0.25) is 0 Å². The van der Waals surface area contributed by atoms with E-state index in [1.807, 2.05) is 0 Å². The van der Waals surface area contributed by atoms with Crippen molar-refractivity contribution in [1.29, 1.82) is 0 Å². The van der Waals surface area contributed by atoms with Crippen molar-refractivity contribution in [2.24, 2.45) is 11.3 Å². The van der Waals surface area contributed by atoms with Crippen LogP contribution in [0.3, 0.4) is 0 Å². The molecule has 1 saturated heterocycles. The van der Waals surface area contributed by atoms with E-state index in [0.29, 0.717) is 5.75 Å². The van der Waals surface area contributed by atoms with Gasteiger partial charge >= 0.3 is 0 Å². The van der Waals surface area contributed by atoms with Gasteiger partial charge in [-0.25, -0.2) is 4.39 Å². The van der Waals surface area contributed by atoms with Gasteiger partial charge in [-0.1, -0.05) is 0 Å². The monoisotopic (exact) mass is 358 g/mol. The zero-order valence-electron chi connectivity index (χ0n) is 13.5. The van der Waals surface area contributed by atoms with Crippen LogP contribution < -0.4 is 15.4 Å². The second-order valence-electron chi connectivity index (χ2n) is 6.53. The van der Waals surface area contributed by atoms with E-state index in [0.717, 1.165) is 32.4 Å². The average molecular weight is 359 g/mol. The fourth-order valence-electron chi connectivity index (χ4n) is 3.32. The van der Waals surface area contributed by atoms with Gasteiger partial charge in [0.1, 0.15) is 24.3 Å². The van der Waals surface area contributed by atoms with Crippen molar-refractivity contribution < 1.29 is 19.0 Å². The second-order valence-corrected chi connectivity index (χ2v) is 6.53. The van der Waals surface area contributed by atoms with E-state index >= 15 is 0 Å². The number of carbonyl (C=O) groups excluding carboxylic acids is 1. The quantitative estimate of drug-likeness (QED) is 0.720. The molecule has 5 nitrogen and oxygen atoms in total. The zero-order chi connectivity index (χ0) is 16.3. The van der Waals surface area contributed by atoms with Crippen LogP contribution in [0.1, 0.15) is 19.3 Å². The predicted octanol–water partition coefficient (Wildman–Crippen LogP) is 1.49. The average Bonchev–Trinajstić information content (AvgIpc) is 3.26. The minimum absolute atomic E-state index is 0. The Morgan fingerprint density at radius 2 is 2.04 bits per heavy atom. The number of rotatable bonds is 6. The van der Waals surface area contributed by atoms with Gasteiger partial charge in [-0.05, 0) is 62.0 Å². The van der Waals surface area contributed by atoms with Gasteiger partial charge in [0.15, 0.2) is 0 Å². The first-order chi connectivity index (χ1) is 11.1. The lowest BCUT2D eigenvalue weighted by molar-refractivity contribution is -0.123. The molecule has 134 valence electrons. The molecule has 0 radical (unpaired) electrons. The molecule has 1 aromatic carbocycles. The summed E-state index contributed by atoms with van der Waals surface area (Å²) in [6.07, 6.45) is 2.29. The Morgan fingerprint density at radius 1 is 1.38 bits per heavy atom. The minimum atomic E-state index is -0.785. The largest absolute Gasteiger partial charge is 0.491 e. The number of aliphatic hydroxyl groups excluding tert-OH is 1. The van der Waals surface area contributed by atoms with Gasteiger partial charge in [0, 0.05) is 12.5 Å². The molecule has 1 saturated carbocycles. The summed E-state index contributed by atoms with van der Waals surface area (Å²) in [5.74, 6) is 0.289. The molecule has 2 fully saturated rings. The lowest BCUT2D eigenvalue weighted by Gasteiger charge is -2.23. The summed E-state index contributed by atoms with van der Waals surface area (Å²) in [5.41, 5.74) is 0.199. The van der Waals surface area contributed by atoms with Gasteiger partial charge in [0.05, 0.1) is 0 Å². The highest BCUT2D eigenvalue weighted by Crippen LogP contribution is 2.58. The number of hydrogen-bond acceptors (Lipinski definition) is 4. The van der Waals surface area contributed by atoms with E-state index in [-0.39, 0.29) is 48.6 Å². The normalized spacial score (nSPS) is 22.3. The fourth-order valence-corrected chi connectivity index (χ4v) is 3.32. The van der Waals surface area contributed by atoms with Crippen molar-refractivity contribution in [3.8, 4) is 5.75 Å². The third kappa shape index (κ3) is 4.59. The Labute approximate surface area is 147 Å². The van der Waals surface area contributed by atoms with Crippen LogP contribution in [0.25, 0.3) is 0 Å². The van der Waals surface area contributed by atoms with Gasteiger partial charge in [-0.3, -0.25) is 4.79 Å². The SMILES string of the molecule is Cl.O=C(NCC(O)COc1ccc(F)cc1)C1CC12CCNCC2. The number of carbonyl (C=O) groups is 1. The van der Waals surface area contributed by atoms with Crippen molar-refractivity contribution in [1.82, 2.24) is 10.6 Å². The molecule has 7 heteroatoms. The molecule has 1 aliphatic heterocycles. The van der Waals surface area contributed by atoms with E-state index in [1.165, 1.54) is 24.3 Å². The highest BCUT2D eigenvalue weighted by atomic mass is 35.5. The Morgan fingerprint density at radius 3 is 2.71 bits per heavy atom. The first-order valence-corrected chi connectivity index (χ1v) is 8.14. The number of ether oxygens (including phenoxy) is 1. The molecule has 24 heavy (non-hydrogen) atoms. The number of amides is 1. The number of hydrogen-bond donors (Lipinski definition) is 3. The minimum Gasteiger partial charge on any atom is -0.491 e. The number of benzene rings is 1. The molecule has 1 aromatic rings. The summed E-state index contributed by atoms with van der Waals surface area (Å²) in [7, 11) is 0. The molecule has 3 N–H and O–H groups in total. The van der Waals surface area contributed by atoms with Crippen molar-refractivity contribution >= 4 is 18.3 Å². The lowest BCUT2D eigenvalue weighted by Crippen LogP contribution is -2.38. The predicted molar refractivity (Wildman–Crippen MR) is 90.8 cm³/mol. The number of nitrogens with one attached hydrogen (secondary N) is 2. The van der Waals surface area contributed by atoms with Crippen LogP contribution >= 0.6 is 12.4 Å². The molecule has 1 amide bonds. The van der Waals surface area contributed by atoms with Crippen LogP contribution in [0, 0.1) is 17.2 Å². The molecular weight excluding hydrogens is 335 g/mol. The van der Waals surface area contributed by atoms with E-state index in [2.05, 4.69) is 10.6 Å². The topological polar surface area (TPSA) is 70.6 Å². The second kappa shape index (κ2) is 8.14. The molecule has 2 atom stereocenters. The van der Waals surface area contributed by atoms with Crippen LogP contribution in [0.15, 0.2) is 24.3 Å². The van der Waals surface area contributed by atoms with Crippen molar-refractivity contribution in [3.05, 3.63) is 30.1 Å². The molecule has 1 aliphatic carbocycles. The number of aliphatic hydroxyl groups is 1. The summed E-state index contributed by atoms with van der Waals surface area (Å²) in [4.78, 5) is 12.2. The summed E-state index contributed by atoms with van der Waals surface area (Å²) < 4.78 is 18.1. The standard InChI is InChI=1S/C17H23FN2O3.ClH/c18-12-1-3-14(4-2-12)23-11-13(21)10-20-16(22)15-9-17(15)5-7-19-8-6-17;/h1-4,13,15,19,21H,5-11H2,(H,20,22);1H. The Hall–Kier alpha value is -1.37. The first kappa shape index (κ1) is 19.0.